The molecule has 140 valence electrons. The van der Waals surface area contributed by atoms with E-state index < -0.39 is 0 Å². The van der Waals surface area contributed by atoms with Crippen LogP contribution in [0.5, 0.6) is 0 Å². The zero-order valence-electron chi connectivity index (χ0n) is 15.7. The zero-order valence-corrected chi connectivity index (χ0v) is 15.7. The molecule has 5 heterocycles. The molecule has 0 amide bonds. The molecule has 8 nitrogen and oxygen atoms in total. The smallest absolute Gasteiger partial charge is 0.163 e. The van der Waals surface area contributed by atoms with Crippen LogP contribution in [-0.2, 0) is 13.6 Å². The van der Waals surface area contributed by atoms with Crippen LogP contribution in [-0.4, -0.2) is 55.2 Å². The number of aromatic nitrogens is 5. The summed E-state index contributed by atoms with van der Waals surface area (Å²) in [7, 11) is 1.89. The zero-order chi connectivity index (χ0) is 19.1. The van der Waals surface area contributed by atoms with Gasteiger partial charge in [-0.2, -0.15) is 10.4 Å². The SMILES string of the molecule is Cn1ncc2c(N3CCN(Cc4cn5ccccc5c4C#N)CC3)ncnc21. The van der Waals surface area contributed by atoms with Crippen LogP contribution < -0.4 is 4.90 Å². The first-order valence-electron chi connectivity index (χ1n) is 9.33. The molecule has 0 saturated carbocycles. The largest absolute Gasteiger partial charge is 0.353 e. The van der Waals surface area contributed by atoms with Gasteiger partial charge >= 0.3 is 0 Å². The first-order valence-corrected chi connectivity index (χ1v) is 9.33. The first kappa shape index (κ1) is 16.7. The highest BCUT2D eigenvalue weighted by molar-refractivity contribution is 5.86. The summed E-state index contributed by atoms with van der Waals surface area (Å²) >= 11 is 0. The fourth-order valence-electron chi connectivity index (χ4n) is 3.99. The lowest BCUT2D eigenvalue weighted by Gasteiger charge is -2.35. The Hall–Kier alpha value is -3.44. The second-order valence-electron chi connectivity index (χ2n) is 7.10. The van der Waals surface area contributed by atoms with Crippen LogP contribution in [0.3, 0.4) is 0 Å². The van der Waals surface area contributed by atoms with Crippen LogP contribution in [0.4, 0.5) is 5.82 Å². The van der Waals surface area contributed by atoms with E-state index in [1.807, 2.05) is 42.0 Å². The van der Waals surface area contributed by atoms with E-state index in [4.69, 9.17) is 0 Å². The first-order chi connectivity index (χ1) is 13.7. The summed E-state index contributed by atoms with van der Waals surface area (Å²) in [6.45, 7) is 4.39. The Morgan fingerprint density at radius 3 is 2.82 bits per heavy atom. The van der Waals surface area contributed by atoms with Crippen LogP contribution >= 0.6 is 0 Å². The summed E-state index contributed by atoms with van der Waals surface area (Å²) in [6.07, 6.45) is 7.51. The molecule has 1 aliphatic rings. The maximum Gasteiger partial charge on any atom is 0.163 e. The summed E-state index contributed by atoms with van der Waals surface area (Å²) in [5, 5.41) is 14.9. The average Bonchev–Trinajstić information content (AvgIpc) is 3.28. The van der Waals surface area contributed by atoms with Crippen molar-refractivity contribution >= 4 is 22.4 Å². The van der Waals surface area contributed by atoms with Crippen molar-refractivity contribution < 1.29 is 0 Å². The van der Waals surface area contributed by atoms with E-state index in [0.29, 0.717) is 0 Å². The fourth-order valence-corrected chi connectivity index (χ4v) is 3.99. The van der Waals surface area contributed by atoms with Gasteiger partial charge in [-0.25, -0.2) is 9.97 Å². The number of hydrogen-bond donors (Lipinski definition) is 0. The average molecular weight is 372 g/mol. The third-order valence-corrected chi connectivity index (χ3v) is 5.45. The highest BCUT2D eigenvalue weighted by Gasteiger charge is 2.22. The molecule has 1 aliphatic heterocycles. The van der Waals surface area contributed by atoms with Crippen molar-refractivity contribution in [2.24, 2.45) is 7.05 Å². The summed E-state index contributed by atoms with van der Waals surface area (Å²) in [6, 6.07) is 8.33. The molecular weight excluding hydrogens is 352 g/mol. The molecule has 0 spiro atoms. The molecular formula is C20H20N8. The topological polar surface area (TPSA) is 78.3 Å². The molecule has 4 aromatic rings. The normalized spacial score (nSPS) is 15.4. The summed E-state index contributed by atoms with van der Waals surface area (Å²) in [5.41, 5.74) is 3.68. The van der Waals surface area contributed by atoms with Gasteiger partial charge in [-0.3, -0.25) is 9.58 Å². The van der Waals surface area contributed by atoms with E-state index in [1.165, 1.54) is 0 Å². The maximum atomic E-state index is 9.62. The quantitative estimate of drug-likeness (QED) is 0.546. The van der Waals surface area contributed by atoms with Gasteiger partial charge in [-0.05, 0) is 12.1 Å². The summed E-state index contributed by atoms with van der Waals surface area (Å²) in [5.74, 6) is 0.949. The van der Waals surface area contributed by atoms with E-state index in [2.05, 4.69) is 37.1 Å². The van der Waals surface area contributed by atoms with Gasteiger partial charge in [-0.1, -0.05) is 6.07 Å². The lowest BCUT2D eigenvalue weighted by Crippen LogP contribution is -2.46. The molecule has 0 bridgehead atoms. The number of anilines is 1. The molecule has 0 radical (unpaired) electrons. The number of fused-ring (bicyclic) bond motifs is 2. The van der Waals surface area contributed by atoms with E-state index in [9.17, 15) is 5.26 Å². The van der Waals surface area contributed by atoms with E-state index in [0.717, 1.165) is 66.2 Å². The number of hydrogen-bond acceptors (Lipinski definition) is 6. The van der Waals surface area contributed by atoms with Crippen molar-refractivity contribution in [2.75, 3.05) is 31.1 Å². The number of rotatable bonds is 3. The van der Waals surface area contributed by atoms with Crippen molar-refractivity contribution in [2.45, 2.75) is 6.54 Å². The molecule has 0 N–H and O–H groups in total. The van der Waals surface area contributed by atoms with Gasteiger partial charge in [0.25, 0.3) is 0 Å². The molecule has 0 unspecified atom stereocenters. The minimum absolute atomic E-state index is 0.774. The standard InChI is InChI=1S/C20H20N8/c1-25-19-17(11-24-25)20(23-14-22-19)27-8-6-26(7-9-27)12-15-13-28-5-3-2-4-18(28)16(15)10-21/h2-5,11,13-14H,6-9,12H2,1H3. The molecule has 28 heavy (non-hydrogen) atoms. The van der Waals surface area contributed by atoms with Crippen molar-refractivity contribution in [1.82, 2.24) is 29.0 Å². The summed E-state index contributed by atoms with van der Waals surface area (Å²) in [4.78, 5) is 13.5. The van der Waals surface area contributed by atoms with Crippen LogP contribution in [0.1, 0.15) is 11.1 Å². The number of nitriles is 1. The van der Waals surface area contributed by atoms with Gasteiger partial charge in [0.05, 0.1) is 22.7 Å². The number of aryl methyl sites for hydroxylation is 1. The van der Waals surface area contributed by atoms with E-state index in [1.54, 1.807) is 11.0 Å². The highest BCUT2D eigenvalue weighted by atomic mass is 15.3. The van der Waals surface area contributed by atoms with Gasteiger partial charge in [-0.15, -0.1) is 0 Å². The number of nitrogens with zero attached hydrogens (tertiary/aromatic N) is 8. The predicted octanol–water partition coefficient (Wildman–Crippen LogP) is 1.81. The Kier molecular flexibility index (Phi) is 3.95. The third kappa shape index (κ3) is 2.68. The molecule has 0 aliphatic carbocycles. The van der Waals surface area contributed by atoms with Crippen LogP contribution in [0.2, 0.25) is 0 Å². The second-order valence-corrected chi connectivity index (χ2v) is 7.10. The van der Waals surface area contributed by atoms with Crippen LogP contribution in [0, 0.1) is 11.3 Å². The van der Waals surface area contributed by atoms with Gasteiger partial charge in [0.1, 0.15) is 18.2 Å². The van der Waals surface area contributed by atoms with Crippen LogP contribution in [0.25, 0.3) is 16.6 Å². The van der Waals surface area contributed by atoms with Gasteiger partial charge < -0.3 is 9.30 Å². The molecule has 1 saturated heterocycles. The minimum atomic E-state index is 0.774. The molecule has 0 aromatic carbocycles. The van der Waals surface area contributed by atoms with Gasteiger partial charge in [0.2, 0.25) is 0 Å². The maximum absolute atomic E-state index is 9.62. The molecule has 8 heteroatoms. The molecule has 4 aromatic heterocycles. The van der Waals surface area contributed by atoms with Gasteiger partial charge in [0, 0.05) is 57.7 Å². The van der Waals surface area contributed by atoms with Crippen molar-refractivity contribution in [1.29, 1.82) is 5.26 Å². The number of pyridine rings is 1. The molecule has 0 atom stereocenters. The number of piperazine rings is 1. The van der Waals surface area contributed by atoms with Gasteiger partial charge in [0.15, 0.2) is 5.65 Å². The monoisotopic (exact) mass is 372 g/mol. The third-order valence-electron chi connectivity index (χ3n) is 5.45. The Labute approximate surface area is 162 Å². The second kappa shape index (κ2) is 6.62. The Bertz CT molecular complexity index is 1190. The lowest BCUT2D eigenvalue weighted by molar-refractivity contribution is 0.249. The van der Waals surface area contributed by atoms with E-state index >= 15 is 0 Å². The summed E-state index contributed by atoms with van der Waals surface area (Å²) < 4.78 is 3.81. The Balaban J connectivity index is 1.33. The Morgan fingerprint density at radius 1 is 1.14 bits per heavy atom. The molecule has 1 fully saturated rings. The van der Waals surface area contributed by atoms with E-state index in [-0.39, 0.29) is 0 Å². The van der Waals surface area contributed by atoms with Crippen LogP contribution in [0.15, 0.2) is 43.1 Å². The highest BCUT2D eigenvalue weighted by Crippen LogP contribution is 2.24. The Morgan fingerprint density at radius 2 is 2.00 bits per heavy atom. The van der Waals surface area contributed by atoms with Crippen molar-refractivity contribution in [3.63, 3.8) is 0 Å². The fraction of sp³-hybridized carbons (Fsp3) is 0.300. The predicted molar refractivity (Wildman–Crippen MR) is 106 cm³/mol. The van der Waals surface area contributed by atoms with Crippen molar-refractivity contribution in [3.8, 4) is 6.07 Å². The molecule has 5 rings (SSSR count). The lowest BCUT2D eigenvalue weighted by atomic mass is 10.1. The van der Waals surface area contributed by atoms with Crippen molar-refractivity contribution in [3.05, 3.63) is 54.2 Å². The minimum Gasteiger partial charge on any atom is -0.353 e.